The van der Waals surface area contributed by atoms with Crippen LogP contribution in [0.1, 0.15) is 41.5 Å². The Hall–Kier alpha value is -3.19. The maximum Gasteiger partial charge on any atom is 0.329 e. The molecule has 29 heavy (non-hydrogen) atoms. The van der Waals surface area contributed by atoms with Crippen LogP contribution in [0.25, 0.3) is 0 Å². The standard InChI is InChI=1S/C21H21ClN2O5/c1-12(23-20(27)17-9-4-5-10-18(17)22)21(28)29-14(3)19(26)24-16-8-6-7-15(11-16)13(2)25/h4-12,14H,1-3H3,(H,23,27)(H,24,26)/t12-,14+/m0/s1. The fourth-order valence-electron chi connectivity index (χ4n) is 2.37. The van der Waals surface area contributed by atoms with Crippen molar-refractivity contribution in [1.82, 2.24) is 5.32 Å². The van der Waals surface area contributed by atoms with Crippen LogP contribution in [0.5, 0.6) is 0 Å². The second-order valence-corrected chi connectivity index (χ2v) is 6.79. The summed E-state index contributed by atoms with van der Waals surface area (Å²) in [5.74, 6) is -2.00. The molecule has 0 spiro atoms. The summed E-state index contributed by atoms with van der Waals surface area (Å²) in [6.45, 7) is 4.27. The molecule has 0 aliphatic rings. The van der Waals surface area contributed by atoms with E-state index in [1.807, 2.05) is 0 Å². The highest BCUT2D eigenvalue weighted by molar-refractivity contribution is 6.33. The summed E-state index contributed by atoms with van der Waals surface area (Å²) < 4.78 is 5.13. The van der Waals surface area contributed by atoms with Crippen molar-refractivity contribution in [3.63, 3.8) is 0 Å². The molecule has 0 aliphatic heterocycles. The fourth-order valence-corrected chi connectivity index (χ4v) is 2.59. The summed E-state index contributed by atoms with van der Waals surface area (Å²) >= 11 is 5.96. The van der Waals surface area contributed by atoms with E-state index in [2.05, 4.69) is 10.6 Å². The first-order chi connectivity index (χ1) is 13.7. The first kappa shape index (κ1) is 22.1. The number of nitrogens with one attached hydrogen (secondary N) is 2. The van der Waals surface area contributed by atoms with Crippen LogP contribution < -0.4 is 10.6 Å². The van der Waals surface area contributed by atoms with Gasteiger partial charge in [0.15, 0.2) is 11.9 Å². The maximum atomic E-state index is 12.3. The topological polar surface area (TPSA) is 102 Å². The molecule has 0 aliphatic carbocycles. The minimum atomic E-state index is -1.11. The molecule has 0 unspecified atom stereocenters. The SMILES string of the molecule is CC(=O)c1cccc(NC(=O)[C@@H](C)OC(=O)[C@H](C)NC(=O)c2ccccc2Cl)c1. The average molecular weight is 417 g/mol. The van der Waals surface area contributed by atoms with Gasteiger partial charge in [-0.3, -0.25) is 14.4 Å². The van der Waals surface area contributed by atoms with Gasteiger partial charge in [-0.2, -0.15) is 0 Å². The number of anilines is 1. The third kappa shape index (κ3) is 6.15. The molecule has 2 N–H and O–H groups in total. The molecule has 152 valence electrons. The van der Waals surface area contributed by atoms with E-state index in [0.717, 1.165) is 0 Å². The predicted octanol–water partition coefficient (Wildman–Crippen LogP) is 3.23. The number of carbonyl (C=O) groups excluding carboxylic acids is 4. The number of rotatable bonds is 7. The maximum absolute atomic E-state index is 12.3. The highest BCUT2D eigenvalue weighted by Gasteiger charge is 2.24. The Morgan fingerprint density at radius 2 is 1.69 bits per heavy atom. The molecular weight excluding hydrogens is 396 g/mol. The molecule has 2 aromatic rings. The minimum Gasteiger partial charge on any atom is -0.451 e. The molecule has 0 radical (unpaired) electrons. The van der Waals surface area contributed by atoms with Crippen molar-refractivity contribution in [2.45, 2.75) is 32.9 Å². The van der Waals surface area contributed by atoms with E-state index in [-0.39, 0.29) is 16.4 Å². The predicted molar refractivity (Wildman–Crippen MR) is 109 cm³/mol. The smallest absolute Gasteiger partial charge is 0.329 e. The van der Waals surface area contributed by atoms with Crippen molar-refractivity contribution in [2.24, 2.45) is 0 Å². The van der Waals surface area contributed by atoms with Crippen molar-refractivity contribution in [1.29, 1.82) is 0 Å². The van der Waals surface area contributed by atoms with Gasteiger partial charge in [0.2, 0.25) is 0 Å². The lowest BCUT2D eigenvalue weighted by Gasteiger charge is -2.18. The van der Waals surface area contributed by atoms with E-state index in [1.165, 1.54) is 32.9 Å². The molecule has 0 saturated carbocycles. The van der Waals surface area contributed by atoms with Gasteiger partial charge >= 0.3 is 5.97 Å². The molecule has 7 nitrogen and oxygen atoms in total. The molecule has 0 bridgehead atoms. The molecule has 0 aromatic heterocycles. The molecule has 0 saturated heterocycles. The van der Waals surface area contributed by atoms with Crippen LogP contribution in [0.4, 0.5) is 5.69 Å². The van der Waals surface area contributed by atoms with Crippen molar-refractivity contribution < 1.29 is 23.9 Å². The van der Waals surface area contributed by atoms with Crippen molar-refractivity contribution in [2.75, 3.05) is 5.32 Å². The molecule has 2 atom stereocenters. The highest BCUT2D eigenvalue weighted by Crippen LogP contribution is 2.15. The number of hydrogen-bond donors (Lipinski definition) is 2. The monoisotopic (exact) mass is 416 g/mol. The molecular formula is C21H21ClN2O5. The summed E-state index contributed by atoms with van der Waals surface area (Å²) in [5, 5.41) is 5.32. The lowest BCUT2D eigenvalue weighted by atomic mass is 10.1. The lowest BCUT2D eigenvalue weighted by molar-refractivity contribution is -0.154. The lowest BCUT2D eigenvalue weighted by Crippen LogP contribution is -2.42. The van der Waals surface area contributed by atoms with Crippen LogP contribution in [0.2, 0.25) is 5.02 Å². The third-order valence-corrected chi connectivity index (χ3v) is 4.35. The molecule has 2 aromatic carbocycles. The third-order valence-electron chi connectivity index (χ3n) is 4.02. The Balaban J connectivity index is 1.92. The number of ether oxygens (including phenoxy) is 1. The number of benzene rings is 2. The van der Waals surface area contributed by atoms with Gasteiger partial charge in [-0.1, -0.05) is 35.9 Å². The van der Waals surface area contributed by atoms with Crippen molar-refractivity contribution >= 4 is 40.9 Å². The van der Waals surface area contributed by atoms with E-state index in [4.69, 9.17) is 16.3 Å². The van der Waals surface area contributed by atoms with Crippen molar-refractivity contribution in [3.8, 4) is 0 Å². The van der Waals surface area contributed by atoms with Gasteiger partial charge in [-0.05, 0) is 45.0 Å². The number of halogens is 1. The number of carbonyl (C=O) groups is 4. The molecule has 0 heterocycles. The van der Waals surface area contributed by atoms with E-state index in [9.17, 15) is 19.2 Å². The second-order valence-electron chi connectivity index (χ2n) is 6.38. The fraction of sp³-hybridized carbons (Fsp3) is 0.238. The molecule has 8 heteroatoms. The average Bonchev–Trinajstić information content (AvgIpc) is 2.68. The van der Waals surface area contributed by atoms with Gasteiger partial charge in [0.1, 0.15) is 6.04 Å². The Morgan fingerprint density at radius 3 is 2.34 bits per heavy atom. The number of hydrogen-bond acceptors (Lipinski definition) is 5. The number of esters is 1. The molecule has 2 amide bonds. The first-order valence-corrected chi connectivity index (χ1v) is 9.24. The van der Waals surface area contributed by atoms with Crippen LogP contribution in [0.15, 0.2) is 48.5 Å². The van der Waals surface area contributed by atoms with Gasteiger partial charge in [-0.15, -0.1) is 0 Å². The Kier molecular flexibility index (Phi) is 7.50. The Morgan fingerprint density at radius 1 is 1.00 bits per heavy atom. The zero-order chi connectivity index (χ0) is 21.6. The molecule has 2 rings (SSSR count). The van der Waals surface area contributed by atoms with E-state index in [1.54, 1.807) is 36.4 Å². The second kappa shape index (κ2) is 9.84. The van der Waals surface area contributed by atoms with Gasteiger partial charge in [-0.25, -0.2) is 4.79 Å². The quantitative estimate of drug-likeness (QED) is 0.533. The van der Waals surface area contributed by atoms with E-state index < -0.39 is 29.9 Å². The van der Waals surface area contributed by atoms with E-state index >= 15 is 0 Å². The van der Waals surface area contributed by atoms with Gasteiger partial charge in [0.05, 0.1) is 10.6 Å². The summed E-state index contributed by atoms with van der Waals surface area (Å²) in [5.41, 5.74) is 1.08. The summed E-state index contributed by atoms with van der Waals surface area (Å²) in [7, 11) is 0. The summed E-state index contributed by atoms with van der Waals surface area (Å²) in [4.78, 5) is 48.1. The van der Waals surface area contributed by atoms with Gasteiger partial charge < -0.3 is 15.4 Å². The summed E-state index contributed by atoms with van der Waals surface area (Å²) in [6, 6.07) is 11.8. The van der Waals surface area contributed by atoms with Gasteiger partial charge in [0.25, 0.3) is 11.8 Å². The van der Waals surface area contributed by atoms with Crippen LogP contribution in [0.3, 0.4) is 0 Å². The normalized spacial score (nSPS) is 12.4. The van der Waals surface area contributed by atoms with Crippen molar-refractivity contribution in [3.05, 3.63) is 64.7 Å². The van der Waals surface area contributed by atoms with Crippen LogP contribution >= 0.6 is 11.6 Å². The number of Topliss-reactive ketones (excluding diaryl/α,β-unsaturated/α-hetero) is 1. The summed E-state index contributed by atoms with van der Waals surface area (Å²) in [6.07, 6.45) is -1.11. The number of amides is 2. The van der Waals surface area contributed by atoms with E-state index in [0.29, 0.717) is 11.3 Å². The van der Waals surface area contributed by atoms with Crippen LogP contribution in [0, 0.1) is 0 Å². The molecule has 0 fully saturated rings. The number of ketones is 1. The zero-order valence-corrected chi connectivity index (χ0v) is 16.9. The Labute approximate surface area is 173 Å². The van der Waals surface area contributed by atoms with Crippen LogP contribution in [-0.2, 0) is 14.3 Å². The van der Waals surface area contributed by atoms with Crippen LogP contribution in [-0.4, -0.2) is 35.7 Å². The highest BCUT2D eigenvalue weighted by atomic mass is 35.5. The Bertz CT molecular complexity index is 944. The zero-order valence-electron chi connectivity index (χ0n) is 16.2. The largest absolute Gasteiger partial charge is 0.451 e. The first-order valence-electron chi connectivity index (χ1n) is 8.86. The minimum absolute atomic E-state index is 0.135. The van der Waals surface area contributed by atoms with Gasteiger partial charge in [0, 0.05) is 11.3 Å².